The monoisotopic (exact) mass is 575 g/mol. The van der Waals surface area contributed by atoms with E-state index in [1.54, 1.807) is 18.2 Å². The Morgan fingerprint density at radius 3 is 2.43 bits per heavy atom. The summed E-state index contributed by atoms with van der Waals surface area (Å²) in [5.74, 6) is -0.0632. The second-order valence-corrected chi connectivity index (χ2v) is 8.69. The number of benzene rings is 3. The number of amides is 1. The number of nitrogens with one attached hydrogen (secondary N) is 1. The lowest BCUT2D eigenvalue weighted by Gasteiger charge is -2.14. The Hall–Kier alpha value is -3.58. The number of rotatable bonds is 8. The number of hydrogen-bond donors (Lipinski definition) is 1. The van der Waals surface area contributed by atoms with Crippen LogP contribution in [0.5, 0.6) is 11.5 Å². The average molecular weight is 577 g/mol. The number of nitrogens with zero attached hydrogens (tertiary/aromatic N) is 2. The molecule has 0 aliphatic carbocycles. The molecule has 0 unspecified atom stereocenters. The van der Waals surface area contributed by atoms with E-state index in [2.05, 4.69) is 21.2 Å². The van der Waals surface area contributed by atoms with Crippen LogP contribution in [-0.4, -0.2) is 17.9 Å². The summed E-state index contributed by atoms with van der Waals surface area (Å²) >= 11 is 15.5. The van der Waals surface area contributed by atoms with Crippen molar-refractivity contribution in [2.24, 2.45) is 0 Å². The van der Waals surface area contributed by atoms with Crippen molar-refractivity contribution < 1.29 is 19.2 Å². The molecule has 0 heterocycles. The molecule has 178 valence electrons. The summed E-state index contributed by atoms with van der Waals surface area (Å²) in [5, 5.41) is 22.7. The maximum atomic E-state index is 12.8. The summed E-state index contributed by atoms with van der Waals surface area (Å²) in [7, 11) is 1.48. The molecule has 35 heavy (non-hydrogen) atoms. The maximum Gasteiger partial charge on any atom is 0.272 e. The highest BCUT2D eigenvalue weighted by Crippen LogP contribution is 2.36. The Kier molecular flexibility index (Phi) is 8.71. The normalized spacial score (nSPS) is 10.9. The number of carbonyl (C=O) groups excluding carboxylic acids is 1. The third-order valence-corrected chi connectivity index (χ3v) is 5.79. The zero-order chi connectivity index (χ0) is 25.5. The zero-order valence-corrected chi connectivity index (χ0v) is 21.1. The van der Waals surface area contributed by atoms with E-state index < -0.39 is 10.8 Å². The van der Waals surface area contributed by atoms with Crippen LogP contribution in [-0.2, 0) is 11.4 Å². The Balaban J connectivity index is 1.90. The van der Waals surface area contributed by atoms with E-state index in [0.717, 1.165) is 22.2 Å². The lowest BCUT2D eigenvalue weighted by atomic mass is 10.1. The average Bonchev–Trinajstić information content (AvgIpc) is 2.84. The van der Waals surface area contributed by atoms with Gasteiger partial charge >= 0.3 is 0 Å². The summed E-state index contributed by atoms with van der Waals surface area (Å²) in [4.78, 5) is 23.1. The van der Waals surface area contributed by atoms with Crippen LogP contribution in [0.1, 0.15) is 11.1 Å². The maximum absolute atomic E-state index is 12.8. The molecule has 0 fully saturated rings. The first-order valence-corrected chi connectivity index (χ1v) is 11.4. The van der Waals surface area contributed by atoms with E-state index in [-0.39, 0.29) is 33.6 Å². The van der Waals surface area contributed by atoms with Gasteiger partial charge in [0, 0.05) is 22.2 Å². The molecule has 0 atom stereocenters. The van der Waals surface area contributed by atoms with Gasteiger partial charge in [-0.15, -0.1) is 0 Å². The summed E-state index contributed by atoms with van der Waals surface area (Å²) < 4.78 is 12.3. The quantitative estimate of drug-likeness (QED) is 0.136. The number of methoxy groups -OCH3 is 1. The topological polar surface area (TPSA) is 114 Å². The molecule has 0 saturated carbocycles. The van der Waals surface area contributed by atoms with E-state index in [1.807, 2.05) is 30.3 Å². The zero-order valence-electron chi connectivity index (χ0n) is 18.1. The fourth-order valence-corrected chi connectivity index (χ4v) is 3.80. The molecule has 3 aromatic carbocycles. The minimum absolute atomic E-state index is 0.0533. The predicted molar refractivity (Wildman–Crippen MR) is 137 cm³/mol. The van der Waals surface area contributed by atoms with E-state index in [1.165, 1.54) is 13.2 Å². The Morgan fingerprint density at radius 2 is 1.86 bits per heavy atom. The van der Waals surface area contributed by atoms with Crippen molar-refractivity contribution >= 4 is 62.5 Å². The van der Waals surface area contributed by atoms with Gasteiger partial charge in [0.1, 0.15) is 18.2 Å². The van der Waals surface area contributed by atoms with Crippen molar-refractivity contribution in [3.05, 3.63) is 95.9 Å². The minimum atomic E-state index is -0.813. The summed E-state index contributed by atoms with van der Waals surface area (Å²) in [6.07, 6.45) is 1.34. The summed E-state index contributed by atoms with van der Waals surface area (Å²) in [6.45, 7) is 0.219. The van der Waals surface area contributed by atoms with E-state index in [0.29, 0.717) is 17.1 Å². The number of hydrogen-bond acceptors (Lipinski definition) is 6. The van der Waals surface area contributed by atoms with Gasteiger partial charge in [-0.2, -0.15) is 5.26 Å². The van der Waals surface area contributed by atoms with E-state index in [9.17, 15) is 20.2 Å². The standard InChI is InChI=1S/C24H16BrCl2N3O5/c1-34-21-4-2-3-15(23(21)35-13-14-5-7-17(25)8-6-14)9-16(12-28)24(31)29-22-19(26)10-18(30(32)33)11-20(22)27/h2-11H,13H2,1H3,(H,29,31)/b16-9+. The highest BCUT2D eigenvalue weighted by molar-refractivity contribution is 9.10. The smallest absolute Gasteiger partial charge is 0.272 e. The molecule has 0 bridgehead atoms. The summed E-state index contributed by atoms with van der Waals surface area (Å²) in [6, 6.07) is 16.5. The number of non-ortho nitro benzene ring substituents is 1. The van der Waals surface area contributed by atoms with Crippen LogP contribution >= 0.6 is 39.1 Å². The molecule has 1 N–H and O–H groups in total. The molecule has 0 spiro atoms. The van der Waals surface area contributed by atoms with Crippen LogP contribution in [0.3, 0.4) is 0 Å². The first-order valence-electron chi connectivity index (χ1n) is 9.84. The number of nitro groups is 1. The van der Waals surface area contributed by atoms with Gasteiger partial charge < -0.3 is 14.8 Å². The first kappa shape index (κ1) is 26.0. The Bertz CT molecular complexity index is 1330. The molecule has 8 nitrogen and oxygen atoms in total. The van der Waals surface area contributed by atoms with Crippen molar-refractivity contribution in [2.45, 2.75) is 6.61 Å². The van der Waals surface area contributed by atoms with Crippen LogP contribution in [0.25, 0.3) is 6.08 Å². The van der Waals surface area contributed by atoms with Gasteiger partial charge in [-0.1, -0.05) is 63.4 Å². The van der Waals surface area contributed by atoms with E-state index in [4.69, 9.17) is 32.7 Å². The number of nitro benzene ring substituents is 1. The molecular weight excluding hydrogens is 561 g/mol. The molecule has 1 amide bonds. The van der Waals surface area contributed by atoms with Gasteiger partial charge in [-0.25, -0.2) is 0 Å². The van der Waals surface area contributed by atoms with Crippen molar-refractivity contribution in [1.82, 2.24) is 0 Å². The second kappa shape index (κ2) is 11.7. The van der Waals surface area contributed by atoms with Crippen molar-refractivity contribution in [2.75, 3.05) is 12.4 Å². The van der Waals surface area contributed by atoms with Gasteiger partial charge in [0.2, 0.25) is 0 Å². The molecule has 0 aromatic heterocycles. The van der Waals surface area contributed by atoms with Crippen LogP contribution < -0.4 is 14.8 Å². The van der Waals surface area contributed by atoms with Crippen molar-refractivity contribution in [1.29, 1.82) is 5.26 Å². The van der Waals surface area contributed by atoms with Crippen LogP contribution in [0.4, 0.5) is 11.4 Å². The number of carbonyl (C=O) groups is 1. The number of para-hydroxylation sites is 1. The largest absolute Gasteiger partial charge is 0.493 e. The lowest BCUT2D eigenvalue weighted by Crippen LogP contribution is -2.14. The fourth-order valence-electron chi connectivity index (χ4n) is 2.97. The van der Waals surface area contributed by atoms with Crippen molar-refractivity contribution in [3.63, 3.8) is 0 Å². The highest BCUT2D eigenvalue weighted by atomic mass is 79.9. The third-order valence-electron chi connectivity index (χ3n) is 4.67. The van der Waals surface area contributed by atoms with Crippen LogP contribution in [0.15, 0.2) is 64.6 Å². The van der Waals surface area contributed by atoms with E-state index >= 15 is 0 Å². The fraction of sp³-hybridized carbons (Fsp3) is 0.0833. The van der Waals surface area contributed by atoms with Gasteiger partial charge in [0.25, 0.3) is 11.6 Å². The Morgan fingerprint density at radius 1 is 1.20 bits per heavy atom. The summed E-state index contributed by atoms with van der Waals surface area (Å²) in [5.41, 5.74) is 0.654. The van der Waals surface area contributed by atoms with Gasteiger partial charge in [-0.05, 0) is 29.8 Å². The molecule has 0 aliphatic heterocycles. The molecule has 0 aliphatic rings. The molecule has 11 heteroatoms. The third kappa shape index (κ3) is 6.51. The molecule has 0 radical (unpaired) electrons. The van der Waals surface area contributed by atoms with Gasteiger partial charge in [0.05, 0.1) is 27.8 Å². The van der Waals surface area contributed by atoms with Gasteiger partial charge in [-0.3, -0.25) is 14.9 Å². The number of ether oxygens (including phenoxy) is 2. The lowest BCUT2D eigenvalue weighted by molar-refractivity contribution is -0.384. The number of halogens is 3. The van der Waals surface area contributed by atoms with Gasteiger partial charge in [0.15, 0.2) is 11.5 Å². The minimum Gasteiger partial charge on any atom is -0.493 e. The highest BCUT2D eigenvalue weighted by Gasteiger charge is 2.19. The Labute approximate surface area is 219 Å². The first-order chi connectivity index (χ1) is 16.7. The van der Waals surface area contributed by atoms with Crippen LogP contribution in [0.2, 0.25) is 10.0 Å². The molecule has 0 saturated heterocycles. The molecule has 3 rings (SSSR count). The number of nitriles is 1. The SMILES string of the molecule is COc1cccc(/C=C(\C#N)C(=O)Nc2c(Cl)cc([N+](=O)[O-])cc2Cl)c1OCc1ccc(Br)cc1. The molecule has 3 aromatic rings. The predicted octanol–water partition coefficient (Wildman–Crippen LogP) is 6.80. The number of anilines is 1. The second-order valence-electron chi connectivity index (χ2n) is 6.96. The molecular formula is C24H16BrCl2N3O5. The van der Waals surface area contributed by atoms with Crippen molar-refractivity contribution in [3.8, 4) is 17.6 Å². The van der Waals surface area contributed by atoms with Crippen LogP contribution in [0, 0.1) is 21.4 Å².